The third-order valence-corrected chi connectivity index (χ3v) is 3.30. The average molecular weight is 270 g/mol. The van der Waals surface area contributed by atoms with Gasteiger partial charge in [0.05, 0.1) is 11.6 Å². The van der Waals surface area contributed by atoms with Crippen molar-refractivity contribution in [3.63, 3.8) is 0 Å². The van der Waals surface area contributed by atoms with Crippen LogP contribution in [0.1, 0.15) is 17.2 Å². The molecule has 3 aromatic rings. The van der Waals surface area contributed by atoms with Crippen molar-refractivity contribution in [2.75, 3.05) is 0 Å². The Labute approximate surface area is 114 Å². The lowest BCUT2D eigenvalue weighted by Crippen LogP contribution is -2.15. The maximum Gasteiger partial charge on any atom is 0.131 e. The van der Waals surface area contributed by atoms with Crippen molar-refractivity contribution in [1.29, 1.82) is 0 Å². The van der Waals surface area contributed by atoms with Gasteiger partial charge in [-0.3, -0.25) is 4.98 Å². The molecule has 0 fully saturated rings. The molecular weight excluding hydrogens is 258 g/mol. The molecule has 0 aliphatic carbocycles. The summed E-state index contributed by atoms with van der Waals surface area (Å²) in [6, 6.07) is 12.0. The first kappa shape index (κ1) is 12.7. The number of pyridine rings is 1. The second-order valence-corrected chi connectivity index (χ2v) is 4.57. The van der Waals surface area contributed by atoms with Gasteiger partial charge in [-0.25, -0.2) is 8.78 Å². The molecule has 0 radical (unpaired) electrons. The number of rotatable bonds is 2. The Morgan fingerprint density at radius 3 is 2.45 bits per heavy atom. The number of hydrogen-bond acceptors (Lipinski definition) is 2. The third kappa shape index (κ3) is 2.14. The summed E-state index contributed by atoms with van der Waals surface area (Å²) in [6.45, 7) is 0. The zero-order valence-corrected chi connectivity index (χ0v) is 10.6. The highest BCUT2D eigenvalue weighted by molar-refractivity contribution is 5.79. The Morgan fingerprint density at radius 2 is 1.70 bits per heavy atom. The highest BCUT2D eigenvalue weighted by Gasteiger charge is 2.18. The number of nitrogens with zero attached hydrogens (tertiary/aromatic N) is 1. The van der Waals surface area contributed by atoms with Gasteiger partial charge in [0.25, 0.3) is 0 Å². The number of aromatic nitrogens is 1. The van der Waals surface area contributed by atoms with Crippen LogP contribution in [-0.4, -0.2) is 4.98 Å². The number of nitrogens with two attached hydrogens (primary N) is 1. The topological polar surface area (TPSA) is 38.9 Å². The molecule has 2 aromatic carbocycles. The van der Waals surface area contributed by atoms with Crippen molar-refractivity contribution in [2.24, 2.45) is 5.73 Å². The molecule has 0 saturated heterocycles. The molecule has 1 atom stereocenters. The highest BCUT2D eigenvalue weighted by atomic mass is 19.1. The van der Waals surface area contributed by atoms with Gasteiger partial charge in [-0.05, 0) is 29.8 Å². The van der Waals surface area contributed by atoms with Gasteiger partial charge in [-0.1, -0.05) is 24.3 Å². The van der Waals surface area contributed by atoms with Crippen LogP contribution in [-0.2, 0) is 0 Å². The highest BCUT2D eigenvalue weighted by Crippen LogP contribution is 2.26. The third-order valence-electron chi connectivity index (χ3n) is 3.30. The molecule has 2 N–H and O–H groups in total. The molecule has 1 heterocycles. The first-order valence-corrected chi connectivity index (χ1v) is 6.21. The first-order valence-electron chi connectivity index (χ1n) is 6.21. The van der Waals surface area contributed by atoms with E-state index in [2.05, 4.69) is 4.98 Å². The maximum atomic E-state index is 13.8. The molecule has 4 heteroatoms. The van der Waals surface area contributed by atoms with E-state index in [1.165, 1.54) is 18.2 Å². The minimum atomic E-state index is -0.859. The van der Waals surface area contributed by atoms with Crippen LogP contribution in [0.4, 0.5) is 8.78 Å². The van der Waals surface area contributed by atoms with E-state index in [4.69, 9.17) is 5.73 Å². The summed E-state index contributed by atoms with van der Waals surface area (Å²) in [7, 11) is 0. The lowest BCUT2D eigenvalue weighted by Gasteiger charge is -2.14. The minimum Gasteiger partial charge on any atom is -0.320 e. The summed E-state index contributed by atoms with van der Waals surface area (Å²) in [5.41, 5.74) is 7.25. The zero-order valence-electron chi connectivity index (χ0n) is 10.6. The van der Waals surface area contributed by atoms with E-state index in [1.807, 2.05) is 18.2 Å². The van der Waals surface area contributed by atoms with Gasteiger partial charge in [-0.2, -0.15) is 0 Å². The second kappa shape index (κ2) is 4.98. The van der Waals surface area contributed by atoms with Gasteiger partial charge in [0, 0.05) is 17.1 Å². The van der Waals surface area contributed by atoms with E-state index in [-0.39, 0.29) is 5.56 Å². The Hall–Kier alpha value is -2.33. The Bertz CT molecular complexity index is 751. The Kier molecular flexibility index (Phi) is 3.16. The molecule has 0 amide bonds. The Morgan fingerprint density at radius 1 is 0.950 bits per heavy atom. The average Bonchev–Trinajstić information content (AvgIpc) is 2.46. The van der Waals surface area contributed by atoms with Gasteiger partial charge >= 0.3 is 0 Å². The van der Waals surface area contributed by atoms with E-state index in [1.54, 1.807) is 18.3 Å². The molecule has 0 saturated carbocycles. The van der Waals surface area contributed by atoms with Crippen LogP contribution in [0.15, 0.2) is 54.7 Å². The van der Waals surface area contributed by atoms with E-state index in [0.29, 0.717) is 5.56 Å². The normalized spacial score (nSPS) is 12.6. The van der Waals surface area contributed by atoms with Crippen molar-refractivity contribution in [2.45, 2.75) is 6.04 Å². The van der Waals surface area contributed by atoms with Crippen LogP contribution < -0.4 is 5.73 Å². The fourth-order valence-corrected chi connectivity index (χ4v) is 2.25. The van der Waals surface area contributed by atoms with Crippen LogP contribution in [0, 0.1) is 11.6 Å². The van der Waals surface area contributed by atoms with Gasteiger partial charge in [0.2, 0.25) is 0 Å². The van der Waals surface area contributed by atoms with E-state index in [0.717, 1.165) is 10.9 Å². The number of halogens is 2. The van der Waals surface area contributed by atoms with Gasteiger partial charge < -0.3 is 5.73 Å². The summed E-state index contributed by atoms with van der Waals surface area (Å²) < 4.78 is 27.5. The fraction of sp³-hybridized carbons (Fsp3) is 0.0625. The van der Waals surface area contributed by atoms with Crippen molar-refractivity contribution in [3.05, 3.63) is 77.5 Å². The number of hydrogen-bond donors (Lipinski definition) is 1. The molecule has 0 aliphatic heterocycles. The van der Waals surface area contributed by atoms with Crippen LogP contribution in [0.25, 0.3) is 10.9 Å². The van der Waals surface area contributed by atoms with Crippen molar-refractivity contribution >= 4 is 10.9 Å². The van der Waals surface area contributed by atoms with Crippen LogP contribution in [0.5, 0.6) is 0 Å². The largest absolute Gasteiger partial charge is 0.320 e. The van der Waals surface area contributed by atoms with E-state index >= 15 is 0 Å². The summed E-state index contributed by atoms with van der Waals surface area (Å²) in [5.74, 6) is -1.28. The molecule has 0 spiro atoms. The van der Waals surface area contributed by atoms with Gasteiger partial charge in [0.15, 0.2) is 0 Å². The molecule has 0 aliphatic rings. The van der Waals surface area contributed by atoms with Crippen LogP contribution in [0.2, 0.25) is 0 Å². The lowest BCUT2D eigenvalue weighted by molar-refractivity contribution is 0.543. The Balaban J connectivity index is 2.10. The molecule has 2 nitrogen and oxygen atoms in total. The van der Waals surface area contributed by atoms with E-state index < -0.39 is 17.7 Å². The van der Waals surface area contributed by atoms with Crippen LogP contribution >= 0.6 is 0 Å². The van der Waals surface area contributed by atoms with Gasteiger partial charge in [0.1, 0.15) is 11.6 Å². The van der Waals surface area contributed by atoms with Crippen molar-refractivity contribution in [1.82, 2.24) is 4.98 Å². The van der Waals surface area contributed by atoms with Gasteiger partial charge in [-0.15, -0.1) is 0 Å². The predicted octanol–water partition coefficient (Wildman–Crippen LogP) is 3.56. The summed E-state index contributed by atoms with van der Waals surface area (Å²) in [6.07, 6.45) is 1.67. The molecule has 1 aromatic heterocycles. The number of fused-ring (bicyclic) bond motifs is 1. The molecule has 100 valence electrons. The van der Waals surface area contributed by atoms with E-state index in [9.17, 15) is 8.78 Å². The smallest absolute Gasteiger partial charge is 0.131 e. The maximum absolute atomic E-state index is 13.8. The molecule has 0 bridgehead atoms. The second-order valence-electron chi connectivity index (χ2n) is 4.57. The minimum absolute atomic E-state index is 0.122. The quantitative estimate of drug-likeness (QED) is 0.773. The molecular formula is C16H12F2N2. The first-order chi connectivity index (χ1) is 9.66. The SMILES string of the molecule is NC(c1ccc2cccnc2c1)c1c(F)cccc1F. The number of benzene rings is 2. The van der Waals surface area contributed by atoms with Crippen molar-refractivity contribution in [3.8, 4) is 0 Å². The monoisotopic (exact) mass is 270 g/mol. The molecule has 3 rings (SSSR count). The zero-order chi connectivity index (χ0) is 14.1. The summed E-state index contributed by atoms with van der Waals surface area (Å²) >= 11 is 0. The standard InChI is InChI=1S/C16H12F2N2/c17-12-4-1-5-13(18)15(12)16(19)11-7-6-10-3-2-8-20-14(10)9-11/h1-9,16H,19H2. The fourth-order valence-electron chi connectivity index (χ4n) is 2.25. The predicted molar refractivity (Wildman–Crippen MR) is 74.1 cm³/mol. The summed E-state index contributed by atoms with van der Waals surface area (Å²) in [5, 5.41) is 0.956. The summed E-state index contributed by atoms with van der Waals surface area (Å²) in [4.78, 5) is 4.22. The van der Waals surface area contributed by atoms with Crippen molar-refractivity contribution < 1.29 is 8.78 Å². The molecule has 20 heavy (non-hydrogen) atoms. The molecule has 1 unspecified atom stereocenters. The van der Waals surface area contributed by atoms with Crippen LogP contribution in [0.3, 0.4) is 0 Å². The lowest BCUT2D eigenvalue weighted by atomic mass is 9.97.